The largest absolute Gasteiger partial charge is 0.507 e. The Hall–Kier alpha value is -7.75. The molecule has 11 rings (SSSR count). The van der Waals surface area contributed by atoms with Crippen LogP contribution < -0.4 is 19.9 Å². The molecule has 464 valence electrons. The van der Waals surface area contributed by atoms with Crippen LogP contribution in [0.2, 0.25) is 0 Å². The summed E-state index contributed by atoms with van der Waals surface area (Å²) in [6.07, 6.45) is 5.55. The third-order valence-corrected chi connectivity index (χ3v) is 14.1. The van der Waals surface area contributed by atoms with Crippen molar-refractivity contribution in [3.8, 4) is 23.0 Å². The number of halogens is 2. The average Bonchev–Trinajstić information content (AvgIpc) is 2.58. The molecule has 0 saturated carbocycles. The van der Waals surface area contributed by atoms with E-state index in [1.807, 2.05) is 60.7 Å². The number of carbonyl (C=O) groups excluding carboxylic acids is 7. The zero-order chi connectivity index (χ0) is 63.1. The Labute approximate surface area is 519 Å². The number of nitrogens with zero attached hydrogens (tertiary/aromatic N) is 2. The van der Waals surface area contributed by atoms with Crippen LogP contribution in [0.3, 0.4) is 0 Å². The molecule has 5 heterocycles. The van der Waals surface area contributed by atoms with E-state index in [1.165, 1.54) is 24.3 Å². The van der Waals surface area contributed by atoms with Crippen LogP contribution in [-0.2, 0) is 33.3 Å². The zero-order valence-corrected chi connectivity index (χ0v) is 50.4. The Balaban J connectivity index is 0.000000197. The van der Waals surface area contributed by atoms with Gasteiger partial charge in [0.05, 0.1) is 82.1 Å². The highest BCUT2D eigenvalue weighted by molar-refractivity contribution is 9.10. The van der Waals surface area contributed by atoms with Gasteiger partial charge >= 0.3 is 0 Å². The minimum absolute atomic E-state index is 0.00754. The number of hydrogen-bond acceptors (Lipinski definition) is 19. The van der Waals surface area contributed by atoms with Gasteiger partial charge in [0.25, 0.3) is 0 Å². The molecule has 0 spiro atoms. The average molecular weight is 1330 g/mol. The van der Waals surface area contributed by atoms with Crippen molar-refractivity contribution in [2.45, 2.75) is 69.2 Å². The predicted molar refractivity (Wildman–Crippen MR) is 326 cm³/mol. The first-order valence-corrected chi connectivity index (χ1v) is 29.0. The van der Waals surface area contributed by atoms with E-state index in [0.29, 0.717) is 87.9 Å². The number of nitrogens with one attached hydrogen (secondary N) is 1. The van der Waals surface area contributed by atoms with Crippen molar-refractivity contribution >= 4 is 86.1 Å². The van der Waals surface area contributed by atoms with Gasteiger partial charge in [-0.2, -0.15) is 0 Å². The van der Waals surface area contributed by atoms with Gasteiger partial charge in [-0.25, -0.2) is 0 Å². The van der Waals surface area contributed by atoms with Crippen LogP contribution in [0.1, 0.15) is 104 Å². The number of hydrogen-bond donors (Lipinski definition) is 8. The first-order chi connectivity index (χ1) is 42.1. The summed E-state index contributed by atoms with van der Waals surface area (Å²) in [6.45, 7) is 2.57. The van der Waals surface area contributed by atoms with Crippen molar-refractivity contribution in [1.29, 1.82) is 0 Å². The summed E-state index contributed by atoms with van der Waals surface area (Å²) in [5, 5.41) is 63.2. The fraction of sp³-hybridized carbons (Fsp3) is 0.317. The van der Waals surface area contributed by atoms with Gasteiger partial charge < -0.3 is 74.5 Å². The normalized spacial score (nSPS) is 17.6. The van der Waals surface area contributed by atoms with Crippen molar-refractivity contribution < 1.29 is 93.0 Å². The fourth-order valence-electron chi connectivity index (χ4n) is 8.87. The van der Waals surface area contributed by atoms with Gasteiger partial charge in [-0.1, -0.05) is 92.5 Å². The summed E-state index contributed by atoms with van der Waals surface area (Å²) < 4.78 is 29.3. The van der Waals surface area contributed by atoms with Crippen LogP contribution in [0.4, 0.5) is 11.4 Å². The van der Waals surface area contributed by atoms with Gasteiger partial charge in [0.15, 0.2) is 25.2 Å². The molecule has 5 aliphatic rings. The van der Waals surface area contributed by atoms with Gasteiger partial charge in [-0.05, 0) is 92.1 Å². The van der Waals surface area contributed by atoms with E-state index in [4.69, 9.17) is 49.2 Å². The molecule has 0 unspecified atom stereocenters. The number of aliphatic hydroxyl groups is 4. The molecule has 5 aliphatic heterocycles. The van der Waals surface area contributed by atoms with Crippen molar-refractivity contribution in [1.82, 2.24) is 5.32 Å². The molecule has 5 saturated heterocycles. The Morgan fingerprint density at radius 1 is 0.506 bits per heavy atom. The molecular weight excluding hydrogens is 1260 g/mol. The molecular formula is C63H69Br2N3O19. The summed E-state index contributed by atoms with van der Waals surface area (Å²) in [5.41, 5.74) is 4.64. The molecule has 0 radical (unpaired) electrons. The van der Waals surface area contributed by atoms with Crippen LogP contribution in [-0.4, -0.2) is 156 Å². The second-order valence-corrected chi connectivity index (χ2v) is 21.0. The molecule has 22 nitrogen and oxygen atoms in total. The number of benzene rings is 6. The molecule has 6 aromatic carbocycles. The highest BCUT2D eigenvalue weighted by atomic mass is 79.9. The lowest BCUT2D eigenvalue weighted by Crippen LogP contribution is -2.37. The Morgan fingerprint density at radius 3 is 1.43 bits per heavy atom. The molecule has 0 aromatic heterocycles. The molecule has 0 aliphatic carbocycles. The van der Waals surface area contributed by atoms with Crippen LogP contribution >= 0.6 is 31.9 Å². The van der Waals surface area contributed by atoms with E-state index in [1.54, 1.807) is 58.3 Å². The number of carbonyl (C=O) groups is 7. The van der Waals surface area contributed by atoms with Gasteiger partial charge in [0, 0.05) is 61.8 Å². The van der Waals surface area contributed by atoms with E-state index in [9.17, 15) is 43.8 Å². The van der Waals surface area contributed by atoms with Crippen molar-refractivity contribution in [2.24, 2.45) is 0 Å². The lowest BCUT2D eigenvalue weighted by molar-refractivity contribution is -0.119. The number of phenolic OH excluding ortho intramolecular Hbond substituents is 3. The van der Waals surface area contributed by atoms with E-state index in [0.717, 1.165) is 44.8 Å². The second-order valence-electron chi connectivity index (χ2n) is 19.2. The van der Waals surface area contributed by atoms with Gasteiger partial charge in [-0.3, -0.25) is 33.6 Å². The number of ether oxygens (including phenoxy) is 5. The number of phenols is 3. The van der Waals surface area contributed by atoms with Crippen LogP contribution in [0.15, 0.2) is 142 Å². The first-order valence-electron chi connectivity index (χ1n) is 27.4. The summed E-state index contributed by atoms with van der Waals surface area (Å²) >= 11 is 6.64. The molecule has 87 heavy (non-hydrogen) atoms. The first kappa shape index (κ1) is 70.0. The van der Waals surface area contributed by atoms with E-state index < -0.39 is 0 Å². The van der Waals surface area contributed by atoms with Crippen molar-refractivity contribution in [3.63, 3.8) is 0 Å². The lowest BCUT2D eigenvalue weighted by atomic mass is 10.1. The number of aldehydes is 4. The topological polar surface area (TPSA) is 326 Å². The van der Waals surface area contributed by atoms with E-state index in [-0.39, 0.29) is 116 Å². The van der Waals surface area contributed by atoms with Gasteiger partial charge in [-0.15, -0.1) is 0 Å². The second kappa shape index (κ2) is 37.7. The lowest BCUT2D eigenvalue weighted by Gasteiger charge is -2.25. The standard InChI is InChI=1S/C19H17NO5.C14H17NO4.C9H9BrO2.C7H5BrO.C7H6O3.C5H9NO2.C2H6O2/c21-10-13-3-1-4-14(9-13)20-15(7-8-19(20)24)12-25-18-6-2-5-17(23)16(18)11-22;16-9-12-4-5-13(17)15(12)11-3-1-2-10(8-11)14-18-6-7-19-14;10-8-3-1-2-7(6-8)9-11-4-5-12-9;8-7-3-1-2-6(4-7)5-9;8-4-5-6(9)2-1-3-7(5)10;7-3-4-1-2-5(8)6-4;3-1-2-4/h1-6,9-11,15,23H,7-8,12H2;1-3,8,12,14,16H,4-7,9H2;1-3,6,9H,4-5H2;1-5H;1-4,9-10H;4,7H,1-3H2,(H,6,8);3-4H,1-2H2/t15-;12-;;;;4-;/m00...0./s1. The molecule has 3 amide bonds. The minimum Gasteiger partial charge on any atom is -0.507 e. The maximum atomic E-state index is 12.3. The van der Waals surface area contributed by atoms with Crippen molar-refractivity contribution in [3.05, 3.63) is 176 Å². The number of anilines is 2. The Morgan fingerprint density at radius 2 is 0.966 bits per heavy atom. The quantitative estimate of drug-likeness (QED) is 0.0484. The minimum atomic E-state index is -0.342. The molecule has 5 fully saturated rings. The molecule has 0 bridgehead atoms. The highest BCUT2D eigenvalue weighted by Gasteiger charge is 2.34. The highest BCUT2D eigenvalue weighted by Crippen LogP contribution is 2.33. The Kier molecular flexibility index (Phi) is 30.4. The van der Waals surface area contributed by atoms with Crippen molar-refractivity contribution in [2.75, 3.05) is 69.3 Å². The number of rotatable bonds is 14. The van der Waals surface area contributed by atoms with Gasteiger partial charge in [0.2, 0.25) is 17.7 Å². The number of aliphatic hydroxyl groups excluding tert-OH is 4. The maximum absolute atomic E-state index is 12.3. The molecule has 3 atom stereocenters. The SMILES string of the molecule is Brc1cccc(C2OCCO2)c1.O=C1CC[C@@H](CO)N1.O=C1CC[C@@H](CO)N1c1cccc(C2OCCO2)c1.O=Cc1c(O)cccc1O.O=Cc1cccc(Br)c1.O=Cc1cccc(N2C(=O)CC[C@H]2COc2cccc(O)c2C=O)c1.OCCO. The third-order valence-electron chi connectivity index (χ3n) is 13.1. The van der Waals surface area contributed by atoms with E-state index >= 15 is 0 Å². The molecule has 8 N–H and O–H groups in total. The van der Waals surface area contributed by atoms with Crippen LogP contribution in [0, 0.1) is 0 Å². The third kappa shape index (κ3) is 22.2. The maximum Gasteiger partial charge on any atom is 0.227 e. The monoisotopic (exact) mass is 1330 g/mol. The molecule has 24 heteroatoms. The van der Waals surface area contributed by atoms with E-state index in [2.05, 4.69) is 37.2 Å². The summed E-state index contributed by atoms with van der Waals surface area (Å²) in [7, 11) is 0. The van der Waals surface area contributed by atoms with Crippen LogP contribution in [0.5, 0.6) is 23.0 Å². The summed E-state index contributed by atoms with van der Waals surface area (Å²) in [6, 6.07) is 38.1. The summed E-state index contributed by atoms with van der Waals surface area (Å²) in [5.74, 6) is -0.192. The smallest absolute Gasteiger partial charge is 0.227 e. The molecule has 6 aromatic rings. The van der Waals surface area contributed by atoms with Gasteiger partial charge in [0.1, 0.15) is 42.2 Å². The Bertz CT molecular complexity index is 3150. The van der Waals surface area contributed by atoms with Crippen LogP contribution in [0.25, 0.3) is 0 Å². The fourth-order valence-corrected chi connectivity index (χ4v) is 9.70. The zero-order valence-electron chi connectivity index (χ0n) is 47.2. The summed E-state index contributed by atoms with van der Waals surface area (Å²) in [4.78, 5) is 80.2. The number of aromatic hydroxyl groups is 3. The predicted octanol–water partition coefficient (Wildman–Crippen LogP) is 7.71. The number of amides is 3.